The number of alkyl carbamates (subject to hydrolysis) is 1. The Morgan fingerprint density at radius 3 is 2.50 bits per heavy atom. The van der Waals surface area contributed by atoms with Gasteiger partial charge in [-0.3, -0.25) is 4.57 Å². The van der Waals surface area contributed by atoms with Crippen molar-refractivity contribution in [2.24, 2.45) is 0 Å². The van der Waals surface area contributed by atoms with Crippen molar-refractivity contribution < 1.29 is 28.9 Å². The minimum absolute atomic E-state index is 0.0234. The fraction of sp³-hybridized carbons (Fsp3) is 0.333. The van der Waals surface area contributed by atoms with Crippen LogP contribution in [0.4, 0.5) is 4.79 Å². The van der Waals surface area contributed by atoms with Crippen LogP contribution in [0.15, 0.2) is 30.3 Å². The number of aliphatic carboxylic acids is 1. The van der Waals surface area contributed by atoms with Crippen molar-refractivity contribution in [2.45, 2.75) is 19.1 Å². The molecule has 1 amide bonds. The third-order valence-electron chi connectivity index (χ3n) is 2.45. The molecule has 110 valence electrons. The Balaban J connectivity index is 2.41. The number of carboxylic acids is 1. The molecule has 8 heteroatoms. The highest BCUT2D eigenvalue weighted by molar-refractivity contribution is 7.37. The normalized spacial score (nSPS) is 13.2. The van der Waals surface area contributed by atoms with E-state index in [9.17, 15) is 14.2 Å². The molecule has 0 heterocycles. The molecule has 0 saturated heterocycles. The molecule has 1 unspecified atom stereocenters. The van der Waals surface area contributed by atoms with Crippen molar-refractivity contribution in [1.82, 2.24) is 5.32 Å². The summed E-state index contributed by atoms with van der Waals surface area (Å²) in [6.07, 6.45) is -1.16. The number of carbonyl (C=O) groups excluding carboxylic acids is 1. The van der Waals surface area contributed by atoms with Crippen molar-refractivity contribution >= 4 is 20.1 Å². The molecule has 0 aliphatic heterocycles. The van der Waals surface area contributed by atoms with Crippen molar-refractivity contribution in [2.75, 3.05) is 6.16 Å². The number of amides is 1. The lowest BCUT2D eigenvalue weighted by atomic mass is 10.2. The van der Waals surface area contributed by atoms with Crippen molar-refractivity contribution in [3.05, 3.63) is 35.9 Å². The third kappa shape index (κ3) is 6.36. The molecule has 0 spiro atoms. The van der Waals surface area contributed by atoms with Crippen LogP contribution in [0, 0.1) is 0 Å². The highest BCUT2D eigenvalue weighted by atomic mass is 31.1. The number of hydrogen-bond acceptors (Lipinski definition) is 4. The molecule has 7 nitrogen and oxygen atoms in total. The average molecular weight is 301 g/mol. The van der Waals surface area contributed by atoms with E-state index in [2.05, 4.69) is 5.32 Å². The molecule has 0 aliphatic rings. The van der Waals surface area contributed by atoms with E-state index in [0.29, 0.717) is 0 Å². The summed E-state index contributed by atoms with van der Waals surface area (Å²) in [7, 11) is -2.76. The molecule has 0 aliphatic carbocycles. The van der Waals surface area contributed by atoms with Crippen LogP contribution < -0.4 is 5.32 Å². The molecule has 0 fully saturated rings. The first-order chi connectivity index (χ1) is 9.49. The van der Waals surface area contributed by atoms with Crippen LogP contribution in [0.25, 0.3) is 0 Å². The molecule has 3 N–H and O–H groups in total. The van der Waals surface area contributed by atoms with Gasteiger partial charge in [0.25, 0.3) is 0 Å². The molecular weight excluding hydrogens is 285 g/mol. The number of carbonyl (C=O) groups is 2. The van der Waals surface area contributed by atoms with E-state index < -0.39 is 26.1 Å². The van der Waals surface area contributed by atoms with Crippen LogP contribution >= 0.6 is 8.03 Å². The molecule has 1 aromatic carbocycles. The van der Waals surface area contributed by atoms with E-state index in [1.165, 1.54) is 0 Å². The second-order valence-electron chi connectivity index (χ2n) is 4.03. The highest BCUT2D eigenvalue weighted by Gasteiger charge is 2.21. The molecular formula is C12H16NO6P. The minimum Gasteiger partial charge on any atom is -0.480 e. The molecule has 2 atom stereocenters. The summed E-state index contributed by atoms with van der Waals surface area (Å²) < 4.78 is 15.4. The molecule has 1 aromatic rings. The summed E-state index contributed by atoms with van der Waals surface area (Å²) in [5.41, 5.74) is 0.773. The van der Waals surface area contributed by atoms with Crippen molar-refractivity contribution in [3.8, 4) is 0 Å². The van der Waals surface area contributed by atoms with Crippen molar-refractivity contribution in [3.63, 3.8) is 0 Å². The fourth-order valence-electron chi connectivity index (χ4n) is 1.43. The van der Waals surface area contributed by atoms with Crippen LogP contribution in [0.1, 0.15) is 12.0 Å². The maximum Gasteiger partial charge on any atom is 0.408 e. The largest absolute Gasteiger partial charge is 0.480 e. The lowest BCUT2D eigenvalue weighted by Gasteiger charge is -2.13. The van der Waals surface area contributed by atoms with Gasteiger partial charge < -0.3 is 20.1 Å². The maximum absolute atomic E-state index is 11.4. The molecule has 1 rings (SSSR count). The Labute approximate surface area is 116 Å². The summed E-state index contributed by atoms with van der Waals surface area (Å²) >= 11 is 0. The lowest BCUT2D eigenvalue weighted by Crippen LogP contribution is -2.41. The van der Waals surface area contributed by atoms with Gasteiger partial charge in [0.05, 0.1) is 0 Å². The third-order valence-corrected chi connectivity index (χ3v) is 3.17. The van der Waals surface area contributed by atoms with Crippen LogP contribution in [-0.4, -0.2) is 34.3 Å². The number of hydrogen-bond donors (Lipinski definition) is 3. The minimum atomic E-state index is -2.76. The summed E-state index contributed by atoms with van der Waals surface area (Å²) in [4.78, 5) is 31.0. The molecule has 0 radical (unpaired) electrons. The standard InChI is InChI=1S/C12H16NO6P/c14-11(15)10(6-7-20(17)18)13-12(16)19-8-9-4-2-1-3-5-9/h1-5,10,20H,6-8H2,(H,13,16)(H,14,15)(H,17,18)/t10-/m0/s1. The Morgan fingerprint density at radius 2 is 1.95 bits per heavy atom. The smallest absolute Gasteiger partial charge is 0.408 e. The van der Waals surface area contributed by atoms with Crippen LogP contribution in [-0.2, 0) is 20.7 Å². The lowest BCUT2D eigenvalue weighted by molar-refractivity contribution is -0.139. The summed E-state index contributed by atoms with van der Waals surface area (Å²) in [6.45, 7) is 0.0234. The quantitative estimate of drug-likeness (QED) is 0.653. The zero-order valence-electron chi connectivity index (χ0n) is 10.6. The average Bonchev–Trinajstić information content (AvgIpc) is 2.41. The predicted octanol–water partition coefficient (Wildman–Crippen LogP) is 1.22. The van der Waals surface area contributed by atoms with Crippen LogP contribution in [0.5, 0.6) is 0 Å². The van der Waals surface area contributed by atoms with Gasteiger partial charge in [-0.05, 0) is 12.0 Å². The van der Waals surface area contributed by atoms with Gasteiger partial charge in [-0.25, -0.2) is 9.59 Å². The second-order valence-corrected chi connectivity index (χ2v) is 5.32. The van der Waals surface area contributed by atoms with Gasteiger partial charge >= 0.3 is 12.1 Å². The van der Waals surface area contributed by atoms with Gasteiger partial charge in [-0.2, -0.15) is 0 Å². The first kappa shape index (κ1) is 16.2. The first-order valence-corrected chi connectivity index (χ1v) is 7.47. The topological polar surface area (TPSA) is 113 Å². The van der Waals surface area contributed by atoms with Gasteiger partial charge in [-0.1, -0.05) is 30.3 Å². The van der Waals surface area contributed by atoms with E-state index in [0.717, 1.165) is 5.56 Å². The number of benzene rings is 1. The second kappa shape index (κ2) is 8.35. The maximum atomic E-state index is 11.4. The number of nitrogens with one attached hydrogen (secondary N) is 1. The van der Waals surface area contributed by atoms with Crippen LogP contribution in [0.2, 0.25) is 0 Å². The highest BCUT2D eigenvalue weighted by Crippen LogP contribution is 2.15. The Hall–Kier alpha value is -1.85. The van der Waals surface area contributed by atoms with E-state index >= 15 is 0 Å². The zero-order chi connectivity index (χ0) is 15.0. The fourth-order valence-corrected chi connectivity index (χ4v) is 1.97. The number of rotatable bonds is 7. The number of carboxylic acid groups (broad SMARTS) is 1. The summed E-state index contributed by atoms with van der Waals surface area (Å²) in [6, 6.07) is 7.69. The SMILES string of the molecule is O=C(N[C@@H](CC[PH](=O)O)C(=O)O)OCc1ccccc1. The van der Waals surface area contributed by atoms with Gasteiger partial charge in [0.1, 0.15) is 12.6 Å². The van der Waals surface area contributed by atoms with Gasteiger partial charge in [0.15, 0.2) is 8.03 Å². The van der Waals surface area contributed by atoms with E-state index in [4.69, 9.17) is 14.7 Å². The summed E-state index contributed by atoms with van der Waals surface area (Å²) in [5, 5.41) is 11.0. The molecule has 20 heavy (non-hydrogen) atoms. The molecule has 0 aromatic heterocycles. The van der Waals surface area contributed by atoms with E-state index in [-0.39, 0.29) is 19.2 Å². The molecule has 0 saturated carbocycles. The monoisotopic (exact) mass is 301 g/mol. The van der Waals surface area contributed by atoms with Crippen LogP contribution in [0.3, 0.4) is 0 Å². The Morgan fingerprint density at radius 1 is 1.30 bits per heavy atom. The van der Waals surface area contributed by atoms with E-state index in [1.807, 2.05) is 6.07 Å². The van der Waals surface area contributed by atoms with Gasteiger partial charge in [0.2, 0.25) is 0 Å². The Kier molecular flexibility index (Phi) is 6.76. The Bertz CT molecular complexity index is 478. The van der Waals surface area contributed by atoms with Gasteiger partial charge in [0, 0.05) is 6.16 Å². The van der Waals surface area contributed by atoms with E-state index in [1.54, 1.807) is 24.3 Å². The summed E-state index contributed by atoms with van der Waals surface area (Å²) in [5.74, 6) is -1.27. The van der Waals surface area contributed by atoms with Gasteiger partial charge in [-0.15, -0.1) is 0 Å². The molecule has 0 bridgehead atoms. The predicted molar refractivity (Wildman–Crippen MR) is 71.9 cm³/mol. The first-order valence-electron chi connectivity index (χ1n) is 5.91. The zero-order valence-corrected chi connectivity index (χ0v) is 11.6. The number of ether oxygens (including phenoxy) is 1. The van der Waals surface area contributed by atoms with Crippen molar-refractivity contribution in [1.29, 1.82) is 0 Å².